The van der Waals surface area contributed by atoms with Crippen LogP contribution in [0.5, 0.6) is 0 Å². The molecule has 1 heterocycles. The lowest BCUT2D eigenvalue weighted by Gasteiger charge is -2.20. The molecule has 0 saturated carbocycles. The Morgan fingerprint density at radius 3 is 2.57 bits per heavy atom. The second kappa shape index (κ2) is 7.05. The number of nitrogens with one attached hydrogen (secondary N) is 1. The molecule has 114 valence electrons. The van der Waals surface area contributed by atoms with Crippen LogP contribution >= 0.6 is 11.6 Å². The van der Waals surface area contributed by atoms with Crippen LogP contribution in [0.2, 0.25) is 5.02 Å². The zero-order chi connectivity index (χ0) is 15.4. The summed E-state index contributed by atoms with van der Waals surface area (Å²) in [5.41, 5.74) is 1.42. The molecule has 2 rings (SSSR count). The normalized spacial score (nSPS) is 12.6. The van der Waals surface area contributed by atoms with Crippen molar-refractivity contribution in [3.63, 3.8) is 0 Å². The summed E-state index contributed by atoms with van der Waals surface area (Å²) in [4.78, 5) is 0. The molecule has 0 aliphatic heterocycles. The Hall–Kier alpha value is -1.39. The zero-order valence-electron chi connectivity index (χ0n) is 12.1. The predicted molar refractivity (Wildman–Crippen MR) is 79.6 cm³/mol. The molecule has 5 heteroatoms. The molecule has 21 heavy (non-hydrogen) atoms. The van der Waals surface area contributed by atoms with Crippen molar-refractivity contribution >= 4 is 11.6 Å². The third kappa shape index (κ3) is 3.44. The maximum absolute atomic E-state index is 13.6. The van der Waals surface area contributed by atoms with Crippen molar-refractivity contribution in [2.24, 2.45) is 0 Å². The Bertz CT molecular complexity index is 612. The van der Waals surface area contributed by atoms with Gasteiger partial charge in [0.05, 0.1) is 12.3 Å². The molecule has 0 amide bonds. The van der Waals surface area contributed by atoms with Gasteiger partial charge in [-0.25, -0.2) is 8.78 Å². The summed E-state index contributed by atoms with van der Waals surface area (Å²) in [5.74, 6) is -1.04. The molecule has 0 bridgehead atoms. The number of hydrogen-bond donors (Lipinski definition) is 1. The molecule has 0 radical (unpaired) electrons. The largest absolute Gasteiger partial charge is 0.469 e. The summed E-state index contributed by atoms with van der Waals surface area (Å²) >= 11 is 6.11. The summed E-state index contributed by atoms with van der Waals surface area (Å²) in [6, 6.07) is 3.68. The molecular formula is C16H18ClF2NO. The van der Waals surface area contributed by atoms with Gasteiger partial charge in [-0.1, -0.05) is 25.4 Å². The van der Waals surface area contributed by atoms with Crippen LogP contribution < -0.4 is 5.32 Å². The van der Waals surface area contributed by atoms with E-state index in [2.05, 4.69) is 5.32 Å². The van der Waals surface area contributed by atoms with E-state index in [0.717, 1.165) is 36.4 Å². The van der Waals surface area contributed by atoms with Crippen LogP contribution in [0.1, 0.15) is 43.2 Å². The van der Waals surface area contributed by atoms with E-state index in [1.54, 1.807) is 6.26 Å². The average Bonchev–Trinajstić information content (AvgIpc) is 2.93. The zero-order valence-corrected chi connectivity index (χ0v) is 12.8. The van der Waals surface area contributed by atoms with Crippen LogP contribution in [0.3, 0.4) is 0 Å². The first-order valence-corrected chi connectivity index (χ1v) is 7.40. The van der Waals surface area contributed by atoms with Crippen LogP contribution in [-0.4, -0.2) is 6.54 Å². The van der Waals surface area contributed by atoms with Crippen molar-refractivity contribution in [2.75, 3.05) is 6.54 Å². The van der Waals surface area contributed by atoms with E-state index in [-0.39, 0.29) is 11.1 Å². The molecule has 1 atom stereocenters. The smallest absolute Gasteiger partial charge is 0.160 e. The van der Waals surface area contributed by atoms with E-state index in [0.29, 0.717) is 12.0 Å². The van der Waals surface area contributed by atoms with E-state index < -0.39 is 11.6 Å². The minimum atomic E-state index is -0.944. The highest BCUT2D eigenvalue weighted by Gasteiger charge is 2.22. The van der Waals surface area contributed by atoms with Gasteiger partial charge >= 0.3 is 0 Å². The van der Waals surface area contributed by atoms with E-state index in [9.17, 15) is 8.78 Å². The van der Waals surface area contributed by atoms with Crippen LogP contribution in [0.4, 0.5) is 8.78 Å². The lowest BCUT2D eigenvalue weighted by Crippen LogP contribution is -2.24. The summed E-state index contributed by atoms with van der Waals surface area (Å²) in [6.07, 6.45) is 3.23. The Morgan fingerprint density at radius 1 is 1.19 bits per heavy atom. The Kier molecular flexibility index (Phi) is 5.37. The van der Waals surface area contributed by atoms with Crippen molar-refractivity contribution in [2.45, 2.75) is 32.7 Å². The molecule has 0 saturated heterocycles. The predicted octanol–water partition coefficient (Wildman–Crippen LogP) is 4.86. The fourth-order valence-corrected chi connectivity index (χ4v) is 2.59. The van der Waals surface area contributed by atoms with Crippen LogP contribution in [-0.2, 0) is 6.42 Å². The molecule has 1 N–H and O–H groups in total. The average molecular weight is 314 g/mol. The third-order valence-electron chi connectivity index (χ3n) is 3.36. The molecule has 0 spiro atoms. The highest BCUT2D eigenvalue weighted by atomic mass is 35.5. The molecule has 0 aliphatic carbocycles. The Labute approximate surface area is 128 Å². The number of halogens is 3. The second-order valence-corrected chi connectivity index (χ2v) is 5.23. The van der Waals surface area contributed by atoms with Crippen molar-refractivity contribution in [1.29, 1.82) is 0 Å². The van der Waals surface area contributed by atoms with Crippen molar-refractivity contribution < 1.29 is 13.2 Å². The summed E-state index contributed by atoms with van der Waals surface area (Å²) < 4.78 is 32.3. The van der Waals surface area contributed by atoms with Gasteiger partial charge in [-0.05, 0) is 36.7 Å². The number of rotatable bonds is 6. The summed E-state index contributed by atoms with van der Waals surface area (Å²) in [5, 5.41) is 3.52. The Morgan fingerprint density at radius 2 is 1.90 bits per heavy atom. The van der Waals surface area contributed by atoms with Gasteiger partial charge in [0.25, 0.3) is 0 Å². The quantitative estimate of drug-likeness (QED) is 0.770. The fraction of sp³-hybridized carbons (Fsp3) is 0.375. The first-order chi connectivity index (χ1) is 10.1. The lowest BCUT2D eigenvalue weighted by atomic mass is 9.97. The van der Waals surface area contributed by atoms with Gasteiger partial charge in [0.15, 0.2) is 11.6 Å². The number of benzene rings is 1. The van der Waals surface area contributed by atoms with Crippen LogP contribution in [0.15, 0.2) is 28.9 Å². The van der Waals surface area contributed by atoms with Gasteiger partial charge in [-0.2, -0.15) is 0 Å². The third-order valence-corrected chi connectivity index (χ3v) is 3.69. The van der Waals surface area contributed by atoms with Gasteiger partial charge in [0.1, 0.15) is 5.76 Å². The molecule has 1 unspecified atom stereocenters. The minimum Gasteiger partial charge on any atom is -0.469 e. The first kappa shape index (κ1) is 16.0. The fourth-order valence-electron chi connectivity index (χ4n) is 2.33. The van der Waals surface area contributed by atoms with Gasteiger partial charge in [-0.15, -0.1) is 0 Å². The maximum atomic E-state index is 13.6. The van der Waals surface area contributed by atoms with Crippen LogP contribution in [0.25, 0.3) is 0 Å². The molecule has 1 aromatic carbocycles. The first-order valence-electron chi connectivity index (χ1n) is 7.02. The number of aryl methyl sites for hydroxylation is 1. The highest BCUT2D eigenvalue weighted by molar-refractivity contribution is 6.31. The van der Waals surface area contributed by atoms with Crippen molar-refractivity contribution in [1.82, 2.24) is 5.32 Å². The van der Waals surface area contributed by atoms with E-state index >= 15 is 0 Å². The topological polar surface area (TPSA) is 25.2 Å². The molecule has 0 fully saturated rings. The van der Waals surface area contributed by atoms with Crippen molar-refractivity contribution in [3.8, 4) is 0 Å². The highest BCUT2D eigenvalue weighted by Crippen LogP contribution is 2.32. The van der Waals surface area contributed by atoms with Crippen LogP contribution in [0, 0.1) is 11.6 Å². The molecule has 1 aromatic heterocycles. The second-order valence-electron chi connectivity index (χ2n) is 4.83. The Balaban J connectivity index is 2.48. The maximum Gasteiger partial charge on any atom is 0.160 e. The van der Waals surface area contributed by atoms with Gasteiger partial charge in [0.2, 0.25) is 0 Å². The number of hydrogen-bond acceptors (Lipinski definition) is 2. The van der Waals surface area contributed by atoms with Crippen molar-refractivity contribution in [3.05, 3.63) is 58.0 Å². The SMILES string of the molecule is CCCNC(c1cc(F)c(F)cc1Cl)c1ccoc1CC. The molecular weight excluding hydrogens is 296 g/mol. The van der Waals surface area contributed by atoms with Gasteiger partial charge < -0.3 is 9.73 Å². The number of furan rings is 1. The van der Waals surface area contributed by atoms with Gasteiger partial charge in [-0.3, -0.25) is 0 Å². The van der Waals surface area contributed by atoms with E-state index in [1.807, 2.05) is 19.9 Å². The lowest BCUT2D eigenvalue weighted by molar-refractivity contribution is 0.493. The minimum absolute atomic E-state index is 0.200. The van der Waals surface area contributed by atoms with Gasteiger partial charge in [0, 0.05) is 17.0 Å². The summed E-state index contributed by atoms with van der Waals surface area (Å²) in [6.45, 7) is 4.74. The standard InChI is InChI=1S/C16H18ClF2NO/c1-3-6-20-16(10-5-7-21-15(10)4-2)11-8-13(18)14(19)9-12(11)17/h5,7-9,16,20H,3-4,6H2,1-2H3. The van der Waals surface area contributed by atoms with E-state index in [1.165, 1.54) is 0 Å². The molecule has 2 nitrogen and oxygen atoms in total. The molecule has 2 aromatic rings. The monoisotopic (exact) mass is 313 g/mol. The summed E-state index contributed by atoms with van der Waals surface area (Å²) in [7, 11) is 0. The van der Waals surface area contributed by atoms with E-state index in [4.69, 9.17) is 16.0 Å². The molecule has 0 aliphatic rings.